The molecule has 0 spiro atoms. The van der Waals surface area contributed by atoms with Crippen LogP contribution in [0.3, 0.4) is 0 Å². The van der Waals surface area contributed by atoms with Crippen LogP contribution in [0.5, 0.6) is 0 Å². The maximum Gasteiger partial charge on any atom is 0.307 e. The predicted octanol–water partition coefficient (Wildman–Crippen LogP) is 9.93. The van der Waals surface area contributed by atoms with E-state index < -0.39 is 11.8 Å². The summed E-state index contributed by atoms with van der Waals surface area (Å²) in [6.07, 6.45) is 23.7. The van der Waals surface area contributed by atoms with Crippen LogP contribution in [0.15, 0.2) is 116 Å². The maximum atomic E-state index is 13.0. The zero-order valence-electron chi connectivity index (χ0n) is 57.4. The van der Waals surface area contributed by atoms with Crippen molar-refractivity contribution in [1.29, 1.82) is 10.5 Å². The van der Waals surface area contributed by atoms with Crippen LogP contribution < -0.4 is 53.2 Å². The molecule has 532 valence electrons. The highest BCUT2D eigenvalue weighted by Crippen LogP contribution is 2.42. The van der Waals surface area contributed by atoms with E-state index in [1.807, 2.05) is 67.3 Å². The van der Waals surface area contributed by atoms with E-state index in [2.05, 4.69) is 119 Å². The SMILES string of the molecule is C[C@@H]1[C@H](NC(=O)c2ccc(C3CC3)cc2)CCCN1c1cnc(C(N)=O)c(Cl)n1.C[C@@H]1[C@H](NC(=O)c2ccc(C3CC3)cc2)CCCN1c1cnc(C(N)=O)c(Nc2cnn(CC#N)c2)n1.N#CCn1cc(N)cn1.[C-]#[N+]c1ncc(N2CCCC(NC(=O)c3ccc(C4CC4)cc3)[C@H]2C)nc1Cl. The number of aromatic nitrogens is 10. The van der Waals surface area contributed by atoms with Gasteiger partial charge in [0.15, 0.2) is 39.5 Å². The zero-order valence-corrected chi connectivity index (χ0v) is 58.9. The Hall–Kier alpha value is -11.3. The van der Waals surface area contributed by atoms with Gasteiger partial charge in [-0.15, -0.1) is 4.98 Å². The van der Waals surface area contributed by atoms with Crippen molar-refractivity contribution in [2.24, 2.45) is 11.5 Å². The number of nitriles is 2. The van der Waals surface area contributed by atoms with Crippen molar-refractivity contribution >= 4 is 93.2 Å². The number of primary amides is 2. The van der Waals surface area contributed by atoms with Crippen molar-refractivity contribution in [3.8, 4) is 12.1 Å². The van der Waals surface area contributed by atoms with Crippen molar-refractivity contribution in [3.63, 3.8) is 0 Å². The average molecular weight is 1430 g/mol. The van der Waals surface area contributed by atoms with E-state index in [1.165, 1.54) is 89.4 Å². The second-order valence-corrected chi connectivity index (χ2v) is 27.2. The quantitative estimate of drug-likeness (QED) is 0.0393. The molecular weight excluding hydrogens is 1350 g/mol. The minimum absolute atomic E-state index is 0.000873. The van der Waals surface area contributed by atoms with Crippen LogP contribution >= 0.6 is 23.2 Å². The number of nitrogens with two attached hydrogens (primary N) is 3. The lowest BCUT2D eigenvalue weighted by Crippen LogP contribution is -2.54. The molecule has 0 radical (unpaired) electrons. The van der Waals surface area contributed by atoms with Crippen LogP contribution in [0.4, 0.5) is 40.5 Å². The lowest BCUT2D eigenvalue weighted by Gasteiger charge is -2.40. The van der Waals surface area contributed by atoms with Crippen LogP contribution in [0.1, 0.15) is 184 Å². The number of hydrogen-bond acceptors (Lipinski definition) is 20. The molecule has 3 saturated carbocycles. The van der Waals surface area contributed by atoms with Crippen LogP contribution in [-0.2, 0) is 13.1 Å². The van der Waals surface area contributed by atoms with Gasteiger partial charge < -0.3 is 58.0 Å². The smallest absolute Gasteiger partial charge is 0.307 e. The van der Waals surface area contributed by atoms with E-state index >= 15 is 0 Å². The van der Waals surface area contributed by atoms with Crippen LogP contribution in [0.25, 0.3) is 4.85 Å². The van der Waals surface area contributed by atoms with E-state index in [0.717, 1.165) is 58.2 Å². The van der Waals surface area contributed by atoms with Gasteiger partial charge in [0.25, 0.3) is 29.5 Å². The van der Waals surface area contributed by atoms with Gasteiger partial charge in [-0.25, -0.2) is 24.9 Å². The number of piperidine rings is 3. The molecule has 103 heavy (non-hydrogen) atoms. The number of halogens is 2. The van der Waals surface area contributed by atoms with Gasteiger partial charge in [-0.1, -0.05) is 66.2 Å². The first-order chi connectivity index (χ1) is 49.7. The predicted molar refractivity (Wildman–Crippen MR) is 390 cm³/mol. The second-order valence-electron chi connectivity index (χ2n) is 26.5. The summed E-state index contributed by atoms with van der Waals surface area (Å²) in [5.74, 6) is 2.47. The van der Waals surface area contributed by atoms with Crippen molar-refractivity contribution in [1.82, 2.24) is 65.4 Å². The molecule has 5 amide bonds. The van der Waals surface area contributed by atoms with Crippen molar-refractivity contribution < 1.29 is 24.0 Å². The highest BCUT2D eigenvalue weighted by atomic mass is 35.5. The fraction of sp³-hybridized carbons (Fsp3) is 0.397. The summed E-state index contributed by atoms with van der Waals surface area (Å²) in [5, 5.41) is 37.6. The van der Waals surface area contributed by atoms with E-state index in [-0.39, 0.29) is 100 Å². The molecule has 3 aromatic carbocycles. The number of amides is 5. The minimum Gasteiger partial charge on any atom is -0.396 e. The number of nitrogens with zero attached hydrogens (tertiary/aromatic N) is 16. The summed E-state index contributed by atoms with van der Waals surface area (Å²) in [7, 11) is 0. The Balaban J connectivity index is 0.000000147. The van der Waals surface area contributed by atoms with Gasteiger partial charge in [-0.2, -0.15) is 20.7 Å². The molecule has 6 aliphatic rings. The van der Waals surface area contributed by atoms with E-state index in [1.54, 1.807) is 18.6 Å². The molecule has 6 fully saturated rings. The normalized spacial score (nSPS) is 19.7. The molecule has 0 bridgehead atoms. The molecule has 14 rings (SSSR count). The number of nitrogen functional groups attached to an aromatic ring is 1. The number of benzene rings is 3. The minimum atomic E-state index is -0.712. The Kier molecular flexibility index (Phi) is 23.7. The molecule has 28 nitrogen and oxygen atoms in total. The van der Waals surface area contributed by atoms with E-state index in [4.69, 9.17) is 57.5 Å². The standard InChI is InChI=1S/C26H29N9O2.C21H24ClN5O2.C21H22ClN5O.C5H6N4/c1-16-21(32-26(37)19-8-6-18(7-9-19)17-4-5-17)3-2-11-35(16)22-14-29-23(24(28)36)25(33-22)31-20-13-30-34(15-20)12-10-27;1-12-16(25-21(29)15-8-6-14(7-9-15)13-4-5-13)3-2-10-27(12)17-11-24-18(20(23)28)19(22)26-17;1-13-17(25-21(28)16-9-7-15(8-10-16)14-5-6-14)4-3-11-27(13)18-12-24-20(23-2)19(22)26-18;6-1-2-9-4-5(7)3-8-9/h6-9,13-17,21H,2-5,11-12H2,1H3,(H2,28,36)(H,31,33)(H,32,37);6-9,11-13,16H,2-5,10H2,1H3,(H2,23,28)(H,25,29);7-10,12-14,17H,3-6,11H2,1H3,(H,25,28);3-4H,2,7H2/t16-,21-;12-,16-;13-,17?;/m111./s1. The molecule has 6 atom stereocenters. The van der Waals surface area contributed by atoms with Crippen molar-refractivity contribution in [2.45, 2.75) is 165 Å². The number of hydrogen-bond donors (Lipinski definition) is 7. The lowest BCUT2D eigenvalue weighted by atomic mass is 9.97. The Morgan fingerprint density at radius 1 is 0.524 bits per heavy atom. The summed E-state index contributed by atoms with van der Waals surface area (Å²) in [4.78, 5) is 96.9. The third kappa shape index (κ3) is 18.8. The third-order valence-corrected chi connectivity index (χ3v) is 19.7. The molecule has 3 saturated heterocycles. The monoisotopic (exact) mass is 1430 g/mol. The van der Waals surface area contributed by atoms with Crippen LogP contribution in [0.2, 0.25) is 10.3 Å². The summed E-state index contributed by atoms with van der Waals surface area (Å²) in [5.41, 5.74) is 23.2. The van der Waals surface area contributed by atoms with E-state index in [9.17, 15) is 24.0 Å². The number of nitrogens with one attached hydrogen (secondary N) is 4. The maximum absolute atomic E-state index is 13.0. The first kappa shape index (κ1) is 73.0. The summed E-state index contributed by atoms with van der Waals surface area (Å²) in [6.45, 7) is 15.9. The lowest BCUT2D eigenvalue weighted by molar-refractivity contribution is 0.0916. The molecular formula is C73H81Cl2N23O5. The summed E-state index contributed by atoms with van der Waals surface area (Å²) < 4.78 is 2.94. The Bertz CT molecular complexity index is 4480. The number of carbonyl (C=O) groups is 5. The van der Waals surface area contributed by atoms with Gasteiger partial charge in [0.2, 0.25) is 0 Å². The zero-order chi connectivity index (χ0) is 72.8. The molecule has 3 aliphatic heterocycles. The second kappa shape index (κ2) is 33.5. The van der Waals surface area contributed by atoms with Gasteiger partial charge in [0.05, 0.1) is 48.3 Å². The van der Waals surface area contributed by atoms with Crippen molar-refractivity contribution in [3.05, 3.63) is 183 Å². The van der Waals surface area contributed by atoms with Gasteiger partial charge in [-0.05, 0) is 169 Å². The fourth-order valence-corrected chi connectivity index (χ4v) is 13.4. The highest BCUT2D eigenvalue weighted by Gasteiger charge is 2.35. The third-order valence-electron chi connectivity index (χ3n) is 19.2. The molecule has 30 heteroatoms. The largest absolute Gasteiger partial charge is 0.396 e. The van der Waals surface area contributed by atoms with Crippen molar-refractivity contribution in [2.75, 3.05) is 45.4 Å². The first-order valence-electron chi connectivity index (χ1n) is 34.5. The molecule has 8 aromatic rings. The molecule has 3 aliphatic carbocycles. The number of anilines is 6. The molecule has 5 aromatic heterocycles. The first-order valence-corrected chi connectivity index (χ1v) is 35.2. The molecule has 10 N–H and O–H groups in total. The Morgan fingerprint density at radius 3 is 1.26 bits per heavy atom. The average Bonchev–Trinajstić information content (AvgIpc) is 1.69. The molecule has 8 heterocycles. The van der Waals surface area contributed by atoms with Gasteiger partial charge in [-0.3, -0.25) is 33.3 Å². The number of carbonyl (C=O) groups excluding carboxylic acids is 5. The van der Waals surface area contributed by atoms with Gasteiger partial charge in [0, 0.05) is 85.0 Å². The topological polar surface area (TPSA) is 386 Å². The van der Waals surface area contributed by atoms with Gasteiger partial charge >= 0.3 is 5.82 Å². The van der Waals surface area contributed by atoms with Gasteiger partial charge in [0.1, 0.15) is 24.7 Å². The summed E-state index contributed by atoms with van der Waals surface area (Å²) in [6, 6.07) is 27.7. The summed E-state index contributed by atoms with van der Waals surface area (Å²) >= 11 is 12.1. The fourth-order valence-electron chi connectivity index (χ4n) is 13.0. The highest BCUT2D eigenvalue weighted by molar-refractivity contribution is 6.32. The molecule has 1 unspecified atom stereocenters. The van der Waals surface area contributed by atoms with Crippen LogP contribution in [0, 0.1) is 29.2 Å². The Labute approximate surface area is 606 Å². The van der Waals surface area contributed by atoms with E-state index in [0.29, 0.717) is 63.3 Å². The Morgan fingerprint density at radius 2 is 0.903 bits per heavy atom. The van der Waals surface area contributed by atoms with Crippen LogP contribution in [-0.4, -0.2) is 135 Å². The number of rotatable bonds is 18.